The van der Waals surface area contributed by atoms with Crippen LogP contribution in [0.25, 0.3) is 0 Å². The van der Waals surface area contributed by atoms with Crippen LogP contribution in [0, 0.1) is 0 Å². The van der Waals surface area contributed by atoms with Gasteiger partial charge in [0.05, 0.1) is 16.3 Å². The van der Waals surface area contributed by atoms with Crippen molar-refractivity contribution in [2.24, 2.45) is 4.99 Å². The normalized spacial score (nSPS) is 17.5. The van der Waals surface area contributed by atoms with Crippen molar-refractivity contribution in [2.75, 3.05) is 23.1 Å². The number of sulfonamides is 1. The van der Waals surface area contributed by atoms with Gasteiger partial charge in [-0.25, -0.2) is 8.42 Å². The Morgan fingerprint density at radius 3 is 2.33 bits per heavy atom. The Kier molecular flexibility index (Phi) is 8.11. The molecule has 2 heterocycles. The molecule has 6 rings (SSSR count). The third-order valence-electron chi connectivity index (χ3n) is 7.64. The van der Waals surface area contributed by atoms with Crippen LogP contribution in [-0.4, -0.2) is 38.0 Å². The average Bonchev–Trinajstić information content (AvgIpc) is 3.32. The van der Waals surface area contributed by atoms with Crippen molar-refractivity contribution in [3.05, 3.63) is 119 Å². The van der Waals surface area contributed by atoms with Crippen LogP contribution >= 0.6 is 11.6 Å². The maximum absolute atomic E-state index is 13.4. The monoisotopic (exact) mass is 598 g/mol. The summed E-state index contributed by atoms with van der Waals surface area (Å²) in [6.07, 6.45) is 3.80. The van der Waals surface area contributed by atoms with Crippen LogP contribution < -0.4 is 10.0 Å². The highest BCUT2D eigenvalue weighted by atomic mass is 35.5. The maximum Gasteiger partial charge on any atom is 0.261 e. The zero-order valence-corrected chi connectivity index (χ0v) is 24.5. The number of carbonyl (C=O) groups is 1. The molecule has 1 saturated heterocycles. The second kappa shape index (κ2) is 12.1. The smallest absolute Gasteiger partial charge is 0.261 e. The van der Waals surface area contributed by atoms with Gasteiger partial charge < -0.3 is 5.32 Å². The summed E-state index contributed by atoms with van der Waals surface area (Å²) in [5, 5.41) is 3.40. The molecule has 0 saturated carbocycles. The van der Waals surface area contributed by atoms with E-state index in [1.807, 2.05) is 42.5 Å². The second-order valence-electron chi connectivity index (χ2n) is 10.7. The summed E-state index contributed by atoms with van der Waals surface area (Å²) in [4.78, 5) is 21.0. The Morgan fingerprint density at radius 2 is 1.62 bits per heavy atom. The first kappa shape index (κ1) is 28.2. The first-order chi connectivity index (χ1) is 20.4. The van der Waals surface area contributed by atoms with Gasteiger partial charge in [-0.15, -0.1) is 0 Å². The summed E-state index contributed by atoms with van der Waals surface area (Å²) in [6, 6.07) is 28.8. The molecule has 2 aliphatic rings. The first-order valence-electron chi connectivity index (χ1n) is 14.0. The van der Waals surface area contributed by atoms with Crippen LogP contribution in [0.1, 0.15) is 41.9 Å². The Balaban J connectivity index is 1.32. The Labute approximate surface area is 251 Å². The number of fused-ring (bicyclic) bond motifs is 1. The standard InChI is InChI=1S/C33H31ClN4O3S/c34-25-11-16-28(17-12-25)42(40,41)37-27-15-18-30-29(21-27)31(33(39)36-30)32(24-7-3-1-4-8-24)35-26-13-9-23(10-14-26)22-38-19-5-2-6-20-38/h1,3-4,7-18,21,31,37H,2,5-6,19-20,22H2,(H,36,39). The molecule has 0 aliphatic carbocycles. The SMILES string of the molecule is O=C1Nc2ccc(NS(=O)(=O)c3ccc(Cl)cc3)cc2C1C(=Nc1ccc(CN2CCCCC2)cc1)c1ccccc1. The maximum atomic E-state index is 13.4. The van der Waals surface area contributed by atoms with Gasteiger partial charge in [0, 0.05) is 22.9 Å². The van der Waals surface area contributed by atoms with Crippen molar-refractivity contribution in [1.29, 1.82) is 0 Å². The Morgan fingerprint density at radius 1 is 0.905 bits per heavy atom. The molecule has 214 valence electrons. The van der Waals surface area contributed by atoms with E-state index in [9.17, 15) is 13.2 Å². The van der Waals surface area contributed by atoms with Crippen LogP contribution in [0.4, 0.5) is 17.1 Å². The van der Waals surface area contributed by atoms with Crippen LogP contribution in [0.5, 0.6) is 0 Å². The largest absolute Gasteiger partial charge is 0.325 e. The zero-order valence-electron chi connectivity index (χ0n) is 23.0. The van der Waals surface area contributed by atoms with E-state index in [2.05, 4.69) is 27.1 Å². The van der Waals surface area contributed by atoms with Crippen LogP contribution in [0.3, 0.4) is 0 Å². The summed E-state index contributed by atoms with van der Waals surface area (Å²) < 4.78 is 28.7. The van der Waals surface area contributed by atoms with Gasteiger partial charge >= 0.3 is 0 Å². The summed E-state index contributed by atoms with van der Waals surface area (Å²) >= 11 is 5.93. The zero-order chi connectivity index (χ0) is 29.1. The molecule has 2 N–H and O–H groups in total. The highest BCUT2D eigenvalue weighted by molar-refractivity contribution is 7.92. The number of rotatable bonds is 8. The molecule has 0 aromatic heterocycles. The van der Waals surface area contributed by atoms with Crippen molar-refractivity contribution in [2.45, 2.75) is 36.6 Å². The van der Waals surface area contributed by atoms with Gasteiger partial charge in [-0.2, -0.15) is 0 Å². The number of nitrogens with one attached hydrogen (secondary N) is 2. The predicted molar refractivity (Wildman–Crippen MR) is 168 cm³/mol. The van der Waals surface area contributed by atoms with E-state index in [4.69, 9.17) is 16.6 Å². The topological polar surface area (TPSA) is 90.9 Å². The molecular weight excluding hydrogens is 568 g/mol. The van der Waals surface area contributed by atoms with Crippen molar-refractivity contribution >= 4 is 50.3 Å². The van der Waals surface area contributed by atoms with Crippen molar-refractivity contribution < 1.29 is 13.2 Å². The third-order valence-corrected chi connectivity index (χ3v) is 9.29. The first-order valence-corrected chi connectivity index (χ1v) is 15.9. The number of amides is 1. The van der Waals surface area contributed by atoms with Gasteiger partial charge in [0.1, 0.15) is 5.92 Å². The lowest BCUT2D eigenvalue weighted by Gasteiger charge is -2.26. The number of benzene rings is 4. The van der Waals surface area contributed by atoms with Gasteiger partial charge in [0.25, 0.3) is 10.0 Å². The fourth-order valence-electron chi connectivity index (χ4n) is 5.52. The highest BCUT2D eigenvalue weighted by Gasteiger charge is 2.36. The minimum Gasteiger partial charge on any atom is -0.325 e. The van der Waals surface area contributed by atoms with E-state index >= 15 is 0 Å². The van der Waals surface area contributed by atoms with Gasteiger partial charge in [-0.1, -0.05) is 60.5 Å². The fraction of sp³-hybridized carbons (Fsp3) is 0.212. The Bertz CT molecular complexity index is 1720. The number of hydrogen-bond acceptors (Lipinski definition) is 5. The minimum atomic E-state index is -3.86. The number of carbonyl (C=O) groups excluding carboxylic acids is 1. The van der Waals surface area contributed by atoms with Crippen LogP contribution in [0.2, 0.25) is 5.02 Å². The van der Waals surface area contributed by atoms with E-state index in [0.29, 0.717) is 27.7 Å². The van der Waals surface area contributed by atoms with Crippen molar-refractivity contribution in [1.82, 2.24) is 4.90 Å². The molecule has 9 heteroatoms. The molecule has 0 bridgehead atoms. The van der Waals surface area contributed by atoms with E-state index in [1.165, 1.54) is 49.1 Å². The molecule has 4 aromatic rings. The van der Waals surface area contributed by atoms with E-state index in [0.717, 1.165) is 30.9 Å². The minimum absolute atomic E-state index is 0.0911. The molecule has 1 amide bonds. The van der Waals surface area contributed by atoms with E-state index < -0.39 is 15.9 Å². The van der Waals surface area contributed by atoms with Crippen molar-refractivity contribution in [3.8, 4) is 0 Å². The number of hydrogen-bond donors (Lipinski definition) is 2. The lowest BCUT2D eigenvalue weighted by atomic mass is 9.90. The average molecular weight is 599 g/mol. The molecule has 1 unspecified atom stereocenters. The predicted octanol–water partition coefficient (Wildman–Crippen LogP) is 6.98. The van der Waals surface area contributed by atoms with Gasteiger partial charge in [-0.05, 0) is 97.2 Å². The number of piperidine rings is 1. The summed E-state index contributed by atoms with van der Waals surface area (Å²) in [7, 11) is -3.86. The molecule has 1 fully saturated rings. The number of likely N-dealkylation sites (tertiary alicyclic amines) is 1. The number of halogens is 1. The molecule has 2 aliphatic heterocycles. The lowest BCUT2D eigenvalue weighted by molar-refractivity contribution is -0.115. The Hall–Kier alpha value is -3.98. The summed E-state index contributed by atoms with van der Waals surface area (Å²) in [5.74, 6) is -0.942. The summed E-state index contributed by atoms with van der Waals surface area (Å²) in [5.41, 5.74) is 5.01. The highest BCUT2D eigenvalue weighted by Crippen LogP contribution is 2.38. The van der Waals surface area contributed by atoms with Crippen molar-refractivity contribution in [3.63, 3.8) is 0 Å². The molecule has 7 nitrogen and oxygen atoms in total. The third kappa shape index (κ3) is 6.26. The number of nitrogens with zero attached hydrogens (tertiary/aromatic N) is 2. The molecular formula is C33H31ClN4O3S. The van der Waals surface area contributed by atoms with Gasteiger partial charge in [0.15, 0.2) is 0 Å². The quantitative estimate of drug-likeness (QED) is 0.214. The molecule has 0 radical (unpaired) electrons. The number of anilines is 2. The van der Waals surface area contributed by atoms with E-state index in [-0.39, 0.29) is 10.8 Å². The van der Waals surface area contributed by atoms with Crippen LogP contribution in [-0.2, 0) is 21.4 Å². The van der Waals surface area contributed by atoms with E-state index in [1.54, 1.807) is 18.2 Å². The molecule has 4 aromatic carbocycles. The van der Waals surface area contributed by atoms with Gasteiger partial charge in [-0.3, -0.25) is 19.4 Å². The molecule has 1 atom stereocenters. The van der Waals surface area contributed by atoms with Gasteiger partial charge in [0.2, 0.25) is 5.91 Å². The van der Waals surface area contributed by atoms with Crippen LogP contribution in [0.15, 0.2) is 107 Å². The second-order valence-corrected chi connectivity index (χ2v) is 12.8. The molecule has 0 spiro atoms. The number of aliphatic imine (C=N–C) groups is 1. The lowest BCUT2D eigenvalue weighted by Crippen LogP contribution is -2.28. The summed E-state index contributed by atoms with van der Waals surface area (Å²) in [6.45, 7) is 3.18. The fourth-order valence-corrected chi connectivity index (χ4v) is 6.70. The molecule has 42 heavy (non-hydrogen) atoms.